The van der Waals surface area contributed by atoms with E-state index in [0.717, 1.165) is 0 Å². The molecule has 1 aromatic rings. The van der Waals surface area contributed by atoms with Crippen molar-refractivity contribution < 1.29 is 18.3 Å². The van der Waals surface area contributed by atoms with Crippen LogP contribution in [0.3, 0.4) is 0 Å². The highest BCUT2D eigenvalue weighted by Crippen LogP contribution is 2.37. The van der Waals surface area contributed by atoms with Crippen molar-refractivity contribution in [1.29, 1.82) is 0 Å². The SMILES string of the molecule is CC(C)(C)OC(=O)N1CCN(c2ccc(F)cn2)[C@H](CO[Si](C)(C)C(C)(C)C)C1. The van der Waals surface area contributed by atoms with Gasteiger partial charge in [0.15, 0.2) is 8.32 Å². The topological polar surface area (TPSA) is 54.9 Å². The lowest BCUT2D eigenvalue weighted by molar-refractivity contribution is 0.0199. The van der Waals surface area contributed by atoms with Gasteiger partial charge >= 0.3 is 6.09 Å². The maximum Gasteiger partial charge on any atom is 0.410 e. The zero-order valence-corrected chi connectivity index (χ0v) is 20.1. The number of amides is 1. The van der Waals surface area contributed by atoms with Crippen LogP contribution in [-0.2, 0) is 9.16 Å². The maximum absolute atomic E-state index is 13.3. The lowest BCUT2D eigenvalue weighted by Gasteiger charge is -2.44. The first-order chi connectivity index (χ1) is 13.2. The molecular weight excluding hydrogens is 389 g/mol. The summed E-state index contributed by atoms with van der Waals surface area (Å²) in [5.74, 6) is 0.328. The van der Waals surface area contributed by atoms with E-state index in [1.165, 1.54) is 12.3 Å². The van der Waals surface area contributed by atoms with Crippen molar-refractivity contribution in [2.75, 3.05) is 31.1 Å². The van der Waals surface area contributed by atoms with Crippen molar-refractivity contribution >= 4 is 20.2 Å². The van der Waals surface area contributed by atoms with Gasteiger partial charge in [0.1, 0.15) is 17.2 Å². The fourth-order valence-corrected chi connectivity index (χ4v) is 3.89. The average molecular weight is 426 g/mol. The summed E-state index contributed by atoms with van der Waals surface area (Å²) in [5.41, 5.74) is -0.542. The Kier molecular flexibility index (Phi) is 7.00. The Morgan fingerprint density at radius 3 is 2.38 bits per heavy atom. The van der Waals surface area contributed by atoms with Crippen LogP contribution in [0.2, 0.25) is 18.1 Å². The molecular formula is C21H36FN3O3Si. The first-order valence-corrected chi connectivity index (χ1v) is 13.1. The van der Waals surface area contributed by atoms with Crippen LogP contribution in [0, 0.1) is 5.82 Å². The first kappa shape index (κ1) is 23.6. The number of carbonyl (C=O) groups is 1. The van der Waals surface area contributed by atoms with Crippen molar-refractivity contribution in [3.63, 3.8) is 0 Å². The monoisotopic (exact) mass is 425 g/mol. The van der Waals surface area contributed by atoms with Crippen molar-refractivity contribution in [1.82, 2.24) is 9.88 Å². The molecule has 0 aromatic carbocycles. The van der Waals surface area contributed by atoms with Crippen molar-refractivity contribution in [2.45, 2.75) is 71.3 Å². The fourth-order valence-electron chi connectivity index (χ4n) is 2.85. The molecule has 0 bridgehead atoms. The second-order valence-corrected chi connectivity index (χ2v) is 15.0. The highest BCUT2D eigenvalue weighted by atomic mass is 28.4. The normalized spacial score (nSPS) is 18.7. The van der Waals surface area contributed by atoms with Crippen LogP contribution in [0.4, 0.5) is 15.0 Å². The molecule has 0 saturated carbocycles. The number of pyridine rings is 1. The van der Waals surface area contributed by atoms with E-state index in [4.69, 9.17) is 9.16 Å². The largest absolute Gasteiger partial charge is 0.444 e. The van der Waals surface area contributed by atoms with Crippen LogP contribution in [0.15, 0.2) is 18.3 Å². The molecule has 2 rings (SSSR count). The predicted octanol–water partition coefficient (Wildman–Crippen LogP) is 4.67. The Labute approximate surface area is 175 Å². The Morgan fingerprint density at radius 2 is 1.86 bits per heavy atom. The molecule has 1 fully saturated rings. The third-order valence-electron chi connectivity index (χ3n) is 5.58. The summed E-state index contributed by atoms with van der Waals surface area (Å²) in [6.07, 6.45) is 0.906. The first-order valence-electron chi connectivity index (χ1n) is 10.2. The second kappa shape index (κ2) is 8.59. The summed E-state index contributed by atoms with van der Waals surface area (Å²) in [4.78, 5) is 20.7. The van der Waals surface area contributed by atoms with E-state index in [1.807, 2.05) is 20.8 Å². The molecule has 29 heavy (non-hydrogen) atoms. The quantitative estimate of drug-likeness (QED) is 0.656. The van der Waals surface area contributed by atoms with Gasteiger partial charge in [-0.05, 0) is 51.0 Å². The third kappa shape index (κ3) is 6.40. The van der Waals surface area contributed by atoms with Crippen LogP contribution in [0.5, 0.6) is 0 Å². The molecule has 164 valence electrons. The van der Waals surface area contributed by atoms with E-state index in [9.17, 15) is 9.18 Å². The number of piperazine rings is 1. The fraction of sp³-hybridized carbons (Fsp3) is 0.714. The van der Waals surface area contributed by atoms with E-state index < -0.39 is 13.9 Å². The van der Waals surface area contributed by atoms with Crippen LogP contribution in [0.25, 0.3) is 0 Å². The van der Waals surface area contributed by atoms with Crippen LogP contribution < -0.4 is 4.90 Å². The number of anilines is 1. The van der Waals surface area contributed by atoms with Crippen molar-refractivity contribution in [3.05, 3.63) is 24.1 Å². The average Bonchev–Trinajstić information content (AvgIpc) is 2.58. The zero-order chi connectivity index (χ0) is 22.0. The Bertz CT molecular complexity index is 699. The van der Waals surface area contributed by atoms with E-state index in [2.05, 4.69) is 43.7 Å². The van der Waals surface area contributed by atoms with Gasteiger partial charge in [0.05, 0.1) is 18.8 Å². The number of nitrogens with zero attached hydrogens (tertiary/aromatic N) is 3. The number of hydrogen-bond acceptors (Lipinski definition) is 5. The molecule has 0 N–H and O–H groups in total. The van der Waals surface area contributed by atoms with Crippen LogP contribution in [-0.4, -0.2) is 62.2 Å². The molecule has 1 aliphatic rings. The molecule has 1 amide bonds. The number of rotatable bonds is 4. The predicted molar refractivity (Wildman–Crippen MR) is 116 cm³/mol. The van der Waals surface area contributed by atoms with Gasteiger partial charge in [0.2, 0.25) is 0 Å². The Balaban J connectivity index is 2.19. The summed E-state index contributed by atoms with van der Waals surface area (Å²) in [6, 6.07) is 3.01. The van der Waals surface area contributed by atoms with E-state index in [1.54, 1.807) is 11.0 Å². The standard InChI is InChI=1S/C21H36FN3O3Si/c1-20(2,3)28-19(26)24-11-12-25(18-10-9-16(22)13-23-18)17(14-24)15-27-29(7,8)21(4,5)6/h9-10,13,17H,11-12,14-15H2,1-8H3/t17-/m0/s1. The van der Waals surface area contributed by atoms with Gasteiger partial charge in [0.25, 0.3) is 0 Å². The van der Waals surface area contributed by atoms with Gasteiger partial charge in [0, 0.05) is 19.6 Å². The van der Waals surface area contributed by atoms with E-state index in [0.29, 0.717) is 32.1 Å². The van der Waals surface area contributed by atoms with Gasteiger partial charge in [-0.1, -0.05) is 20.8 Å². The zero-order valence-electron chi connectivity index (χ0n) is 19.1. The highest BCUT2D eigenvalue weighted by molar-refractivity contribution is 6.74. The van der Waals surface area contributed by atoms with Gasteiger partial charge in [-0.2, -0.15) is 0 Å². The van der Waals surface area contributed by atoms with Crippen LogP contribution >= 0.6 is 0 Å². The van der Waals surface area contributed by atoms with Crippen molar-refractivity contribution in [2.24, 2.45) is 0 Å². The summed E-state index contributed by atoms with van der Waals surface area (Å²) >= 11 is 0. The summed E-state index contributed by atoms with van der Waals surface area (Å²) < 4.78 is 25.3. The van der Waals surface area contributed by atoms with Crippen molar-refractivity contribution in [3.8, 4) is 0 Å². The summed E-state index contributed by atoms with van der Waals surface area (Å²) in [6.45, 7) is 18.7. The lowest BCUT2D eigenvalue weighted by Crippen LogP contribution is -2.58. The van der Waals surface area contributed by atoms with E-state index in [-0.39, 0.29) is 23.0 Å². The Hall–Kier alpha value is -1.67. The number of hydrogen-bond donors (Lipinski definition) is 0. The van der Waals surface area contributed by atoms with Gasteiger partial charge in [-0.25, -0.2) is 14.2 Å². The molecule has 8 heteroatoms. The minimum atomic E-state index is -1.96. The minimum Gasteiger partial charge on any atom is -0.444 e. The smallest absolute Gasteiger partial charge is 0.410 e. The van der Waals surface area contributed by atoms with Gasteiger partial charge < -0.3 is 19.0 Å². The summed E-state index contributed by atoms with van der Waals surface area (Å²) in [5, 5.41) is 0.0888. The van der Waals surface area contributed by atoms with Gasteiger partial charge in [-0.15, -0.1) is 0 Å². The molecule has 0 spiro atoms. The number of aromatic nitrogens is 1. The molecule has 0 radical (unpaired) electrons. The second-order valence-electron chi connectivity index (χ2n) is 10.2. The molecule has 0 aliphatic carbocycles. The lowest BCUT2D eigenvalue weighted by atomic mass is 10.1. The minimum absolute atomic E-state index is 0.0802. The molecule has 1 atom stereocenters. The molecule has 6 nitrogen and oxygen atoms in total. The maximum atomic E-state index is 13.3. The Morgan fingerprint density at radius 1 is 1.21 bits per heavy atom. The molecule has 1 aliphatic heterocycles. The number of carbonyl (C=O) groups excluding carboxylic acids is 1. The van der Waals surface area contributed by atoms with Gasteiger partial charge in [-0.3, -0.25) is 0 Å². The number of ether oxygens (including phenoxy) is 1. The molecule has 0 unspecified atom stereocenters. The number of halogens is 1. The van der Waals surface area contributed by atoms with E-state index >= 15 is 0 Å². The molecule has 1 saturated heterocycles. The summed E-state index contributed by atoms with van der Waals surface area (Å²) in [7, 11) is -1.96. The third-order valence-corrected chi connectivity index (χ3v) is 10.1. The molecule has 2 heterocycles. The molecule has 1 aromatic heterocycles. The highest BCUT2D eigenvalue weighted by Gasteiger charge is 2.39. The van der Waals surface area contributed by atoms with Crippen LogP contribution in [0.1, 0.15) is 41.5 Å².